The summed E-state index contributed by atoms with van der Waals surface area (Å²) in [5.74, 6) is 0.157. The number of carbonyl (C=O) groups is 1. The number of benzene rings is 1. The van der Waals surface area contributed by atoms with Gasteiger partial charge in [-0.25, -0.2) is 13.1 Å². The summed E-state index contributed by atoms with van der Waals surface area (Å²) >= 11 is 0. The van der Waals surface area contributed by atoms with Crippen molar-refractivity contribution in [2.45, 2.75) is 30.7 Å². The van der Waals surface area contributed by atoms with Crippen LogP contribution in [0.4, 0.5) is 5.69 Å². The molecule has 1 unspecified atom stereocenters. The van der Waals surface area contributed by atoms with Crippen molar-refractivity contribution < 1.29 is 13.2 Å². The fraction of sp³-hybridized carbons (Fsp3) is 0.462. The van der Waals surface area contributed by atoms with Gasteiger partial charge in [0.25, 0.3) is 0 Å². The lowest BCUT2D eigenvalue weighted by molar-refractivity contribution is -0.114. The Balaban J connectivity index is 0.00000220. The number of amides is 1. The van der Waals surface area contributed by atoms with E-state index in [1.54, 1.807) is 12.1 Å². The average Bonchev–Trinajstić information content (AvgIpc) is 3.20. The van der Waals surface area contributed by atoms with Gasteiger partial charge < -0.3 is 11.1 Å². The standard InChI is InChI=1S/C13H19N3O3S.ClH/c1-9(17)15-11-4-6-12(7-5-11)20(18,19)16-13(8-14)10-2-3-10;/h4-7,10,13,16H,2-3,8,14H2,1H3,(H,15,17);1H. The SMILES string of the molecule is CC(=O)Nc1ccc(S(=O)(=O)NC(CN)C2CC2)cc1.Cl. The van der Waals surface area contributed by atoms with E-state index >= 15 is 0 Å². The molecule has 1 aliphatic carbocycles. The van der Waals surface area contributed by atoms with Gasteiger partial charge in [-0.1, -0.05) is 0 Å². The molecule has 1 atom stereocenters. The summed E-state index contributed by atoms with van der Waals surface area (Å²) in [4.78, 5) is 11.1. The molecule has 0 aromatic heterocycles. The van der Waals surface area contributed by atoms with Crippen LogP contribution in [0.3, 0.4) is 0 Å². The molecule has 21 heavy (non-hydrogen) atoms. The molecule has 1 amide bonds. The Labute approximate surface area is 130 Å². The van der Waals surface area contributed by atoms with Gasteiger partial charge in [0, 0.05) is 25.2 Å². The van der Waals surface area contributed by atoms with E-state index in [4.69, 9.17) is 5.73 Å². The summed E-state index contributed by atoms with van der Waals surface area (Å²) in [6.07, 6.45) is 2.04. The average molecular weight is 334 g/mol. The van der Waals surface area contributed by atoms with Gasteiger partial charge in [-0.3, -0.25) is 4.79 Å². The smallest absolute Gasteiger partial charge is 0.240 e. The molecule has 1 aliphatic rings. The number of carbonyl (C=O) groups excluding carboxylic acids is 1. The Kier molecular flexibility index (Phi) is 6.15. The number of nitrogens with one attached hydrogen (secondary N) is 2. The van der Waals surface area contributed by atoms with Gasteiger partial charge in [-0.2, -0.15) is 0 Å². The molecule has 6 nitrogen and oxygen atoms in total. The van der Waals surface area contributed by atoms with Crippen molar-refractivity contribution >= 4 is 34.0 Å². The summed E-state index contributed by atoms with van der Waals surface area (Å²) in [7, 11) is -3.56. The van der Waals surface area contributed by atoms with Crippen molar-refractivity contribution in [1.29, 1.82) is 0 Å². The van der Waals surface area contributed by atoms with Crippen LogP contribution in [0.15, 0.2) is 29.2 Å². The molecule has 8 heteroatoms. The van der Waals surface area contributed by atoms with E-state index < -0.39 is 10.0 Å². The third-order valence-electron chi connectivity index (χ3n) is 3.24. The van der Waals surface area contributed by atoms with Gasteiger partial charge in [0.15, 0.2) is 0 Å². The van der Waals surface area contributed by atoms with Crippen molar-refractivity contribution in [3.63, 3.8) is 0 Å². The Hall–Kier alpha value is -1.15. The molecule has 0 spiro atoms. The van der Waals surface area contributed by atoms with Gasteiger partial charge in [0.05, 0.1) is 4.90 Å². The third-order valence-corrected chi connectivity index (χ3v) is 4.74. The largest absolute Gasteiger partial charge is 0.329 e. The number of halogens is 1. The summed E-state index contributed by atoms with van der Waals surface area (Å²) in [5, 5.41) is 2.59. The van der Waals surface area contributed by atoms with Crippen LogP contribution in [-0.4, -0.2) is 26.9 Å². The van der Waals surface area contributed by atoms with Crippen LogP contribution in [-0.2, 0) is 14.8 Å². The maximum absolute atomic E-state index is 12.2. The fourth-order valence-corrected chi connectivity index (χ4v) is 3.34. The predicted octanol–water partition coefficient (Wildman–Crippen LogP) is 1.08. The molecular weight excluding hydrogens is 314 g/mol. The summed E-state index contributed by atoms with van der Waals surface area (Å²) in [6, 6.07) is 5.85. The first-order chi connectivity index (χ1) is 9.42. The van der Waals surface area contributed by atoms with E-state index in [1.165, 1.54) is 19.1 Å². The van der Waals surface area contributed by atoms with E-state index in [9.17, 15) is 13.2 Å². The van der Waals surface area contributed by atoms with Crippen LogP contribution in [0.5, 0.6) is 0 Å². The highest BCUT2D eigenvalue weighted by Gasteiger charge is 2.33. The van der Waals surface area contributed by atoms with Crippen molar-refractivity contribution in [2.75, 3.05) is 11.9 Å². The normalized spacial score (nSPS) is 15.9. The van der Waals surface area contributed by atoms with Crippen molar-refractivity contribution in [3.05, 3.63) is 24.3 Å². The first-order valence-electron chi connectivity index (χ1n) is 6.52. The molecule has 2 rings (SSSR count). The minimum atomic E-state index is -3.56. The van der Waals surface area contributed by atoms with Crippen LogP contribution in [0, 0.1) is 5.92 Å². The second-order valence-corrected chi connectivity index (χ2v) is 6.72. The quantitative estimate of drug-likeness (QED) is 0.725. The molecule has 1 aromatic rings. The Morgan fingerprint density at radius 1 is 1.33 bits per heavy atom. The monoisotopic (exact) mass is 333 g/mol. The number of sulfonamides is 1. The van der Waals surface area contributed by atoms with Gasteiger partial charge in [-0.15, -0.1) is 12.4 Å². The number of rotatable bonds is 6. The Bertz CT molecular complexity index is 585. The van der Waals surface area contributed by atoms with Crippen LogP contribution < -0.4 is 15.8 Å². The van der Waals surface area contributed by atoms with Crippen LogP contribution in [0.2, 0.25) is 0 Å². The molecule has 0 radical (unpaired) electrons. The molecule has 0 aliphatic heterocycles. The second kappa shape index (κ2) is 7.22. The number of hydrogen-bond donors (Lipinski definition) is 3. The number of anilines is 1. The molecule has 1 fully saturated rings. The van der Waals surface area contributed by atoms with Crippen molar-refractivity contribution in [1.82, 2.24) is 4.72 Å². The first-order valence-corrected chi connectivity index (χ1v) is 8.01. The van der Waals surface area contributed by atoms with Crippen molar-refractivity contribution in [3.8, 4) is 0 Å². The minimum Gasteiger partial charge on any atom is -0.329 e. The van der Waals surface area contributed by atoms with Gasteiger partial charge >= 0.3 is 0 Å². The lowest BCUT2D eigenvalue weighted by Gasteiger charge is -2.16. The predicted molar refractivity (Wildman–Crippen MR) is 83.9 cm³/mol. The maximum Gasteiger partial charge on any atom is 0.240 e. The molecule has 1 saturated carbocycles. The third kappa shape index (κ3) is 4.96. The highest BCUT2D eigenvalue weighted by atomic mass is 35.5. The summed E-state index contributed by atoms with van der Waals surface area (Å²) in [6.45, 7) is 1.70. The lowest BCUT2D eigenvalue weighted by Crippen LogP contribution is -2.41. The molecule has 0 heterocycles. The molecule has 118 valence electrons. The molecule has 4 N–H and O–H groups in total. The zero-order valence-corrected chi connectivity index (χ0v) is 13.3. The Morgan fingerprint density at radius 2 is 1.90 bits per heavy atom. The van der Waals surface area contributed by atoms with Crippen LogP contribution >= 0.6 is 12.4 Å². The zero-order chi connectivity index (χ0) is 14.8. The van der Waals surface area contributed by atoms with E-state index in [1.807, 2.05) is 0 Å². The van der Waals surface area contributed by atoms with Crippen LogP contribution in [0.25, 0.3) is 0 Å². The van der Waals surface area contributed by atoms with E-state index in [0.717, 1.165) is 12.8 Å². The lowest BCUT2D eigenvalue weighted by atomic mass is 10.2. The zero-order valence-electron chi connectivity index (χ0n) is 11.7. The molecule has 0 saturated heterocycles. The Morgan fingerprint density at radius 3 is 2.33 bits per heavy atom. The first kappa shape index (κ1) is 17.9. The fourth-order valence-electron chi connectivity index (χ4n) is 2.02. The van der Waals surface area contributed by atoms with E-state index in [0.29, 0.717) is 18.2 Å². The number of nitrogens with two attached hydrogens (primary N) is 1. The van der Waals surface area contributed by atoms with Crippen LogP contribution in [0.1, 0.15) is 19.8 Å². The van der Waals surface area contributed by atoms with Gasteiger partial charge in [0.1, 0.15) is 0 Å². The van der Waals surface area contributed by atoms with E-state index in [2.05, 4.69) is 10.0 Å². The van der Waals surface area contributed by atoms with Gasteiger partial charge in [-0.05, 0) is 43.0 Å². The minimum absolute atomic E-state index is 0. The maximum atomic E-state index is 12.2. The van der Waals surface area contributed by atoms with Gasteiger partial charge in [0.2, 0.25) is 15.9 Å². The van der Waals surface area contributed by atoms with E-state index in [-0.39, 0.29) is 29.3 Å². The summed E-state index contributed by atoms with van der Waals surface area (Å²) < 4.78 is 27.1. The summed E-state index contributed by atoms with van der Waals surface area (Å²) in [5.41, 5.74) is 6.17. The highest BCUT2D eigenvalue weighted by molar-refractivity contribution is 7.89. The second-order valence-electron chi connectivity index (χ2n) is 5.01. The van der Waals surface area contributed by atoms with Crippen molar-refractivity contribution in [2.24, 2.45) is 11.7 Å². The highest BCUT2D eigenvalue weighted by Crippen LogP contribution is 2.32. The number of hydrogen-bond acceptors (Lipinski definition) is 4. The molecule has 0 bridgehead atoms. The topological polar surface area (TPSA) is 101 Å². The molecule has 1 aromatic carbocycles. The molecular formula is C13H20ClN3O3S.